The first-order valence-corrected chi connectivity index (χ1v) is 9.86. The van der Waals surface area contributed by atoms with Crippen LogP contribution in [0.5, 0.6) is 0 Å². The molecule has 0 radical (unpaired) electrons. The number of rotatable bonds is 5. The fourth-order valence-electron chi connectivity index (χ4n) is 3.39. The lowest BCUT2D eigenvalue weighted by Crippen LogP contribution is -2.21. The molecule has 3 aromatic heterocycles. The zero-order valence-electron chi connectivity index (χ0n) is 14.5. The van der Waals surface area contributed by atoms with Crippen molar-refractivity contribution in [1.82, 2.24) is 19.7 Å². The van der Waals surface area contributed by atoms with Crippen LogP contribution in [0.4, 0.5) is 5.82 Å². The molecule has 1 aliphatic carbocycles. The van der Waals surface area contributed by atoms with Gasteiger partial charge in [0.2, 0.25) is 5.91 Å². The highest BCUT2D eigenvalue weighted by Gasteiger charge is 2.19. The van der Waals surface area contributed by atoms with Crippen LogP contribution in [0.25, 0.3) is 10.6 Å². The number of hydrogen-bond acceptors (Lipinski definition) is 5. The average Bonchev–Trinajstić information content (AvgIpc) is 3.33. The lowest BCUT2D eigenvalue weighted by atomic mass is 9.96. The third kappa shape index (κ3) is 3.83. The highest BCUT2D eigenvalue weighted by molar-refractivity contribution is 7.13. The summed E-state index contributed by atoms with van der Waals surface area (Å²) in [5.74, 6) is 0.718. The van der Waals surface area contributed by atoms with Gasteiger partial charge in [0, 0.05) is 29.4 Å². The van der Waals surface area contributed by atoms with Gasteiger partial charge in [0.05, 0.1) is 24.4 Å². The Bertz CT molecular complexity index is 867. The Hall–Kier alpha value is -2.54. The molecule has 3 aromatic rings. The molecule has 6 nitrogen and oxygen atoms in total. The molecule has 1 saturated carbocycles. The SMILES string of the molecule is O=C(Cc1csc(-c2cccnc2)n1)Nc1ccnn1C1CCCCC1. The van der Waals surface area contributed by atoms with Gasteiger partial charge in [-0.1, -0.05) is 19.3 Å². The lowest BCUT2D eigenvalue weighted by molar-refractivity contribution is -0.115. The molecule has 0 aromatic carbocycles. The van der Waals surface area contributed by atoms with E-state index in [9.17, 15) is 4.79 Å². The second-order valence-corrected chi connectivity index (χ2v) is 7.42. The quantitative estimate of drug-likeness (QED) is 0.737. The molecule has 1 fully saturated rings. The van der Waals surface area contributed by atoms with Crippen LogP contribution >= 0.6 is 11.3 Å². The van der Waals surface area contributed by atoms with Gasteiger partial charge in [0.25, 0.3) is 0 Å². The van der Waals surface area contributed by atoms with Crippen molar-refractivity contribution in [2.75, 3.05) is 5.32 Å². The summed E-state index contributed by atoms with van der Waals surface area (Å²) in [5.41, 5.74) is 1.75. The topological polar surface area (TPSA) is 72.7 Å². The number of pyridine rings is 1. The Morgan fingerprint density at radius 1 is 1.23 bits per heavy atom. The van der Waals surface area contributed by atoms with Crippen LogP contribution < -0.4 is 5.32 Å². The molecule has 26 heavy (non-hydrogen) atoms. The smallest absolute Gasteiger partial charge is 0.231 e. The summed E-state index contributed by atoms with van der Waals surface area (Å²) in [7, 11) is 0. The third-order valence-corrected chi connectivity index (χ3v) is 5.60. The number of nitrogens with one attached hydrogen (secondary N) is 1. The maximum atomic E-state index is 12.5. The molecule has 0 aliphatic heterocycles. The summed E-state index contributed by atoms with van der Waals surface area (Å²) in [6.45, 7) is 0. The molecule has 0 unspecified atom stereocenters. The highest BCUT2D eigenvalue weighted by Crippen LogP contribution is 2.30. The minimum absolute atomic E-state index is 0.0643. The van der Waals surface area contributed by atoms with Crippen LogP contribution in [0.1, 0.15) is 43.8 Å². The first kappa shape index (κ1) is 16.9. The zero-order chi connectivity index (χ0) is 17.8. The summed E-state index contributed by atoms with van der Waals surface area (Å²) in [5, 5.41) is 10.2. The summed E-state index contributed by atoms with van der Waals surface area (Å²) >= 11 is 1.53. The molecule has 0 spiro atoms. The highest BCUT2D eigenvalue weighted by atomic mass is 32.1. The van der Waals surface area contributed by atoms with E-state index in [0.29, 0.717) is 6.04 Å². The number of hydrogen-bond donors (Lipinski definition) is 1. The van der Waals surface area contributed by atoms with Crippen LogP contribution in [-0.2, 0) is 11.2 Å². The van der Waals surface area contributed by atoms with E-state index in [4.69, 9.17) is 0 Å². The van der Waals surface area contributed by atoms with Crippen LogP contribution in [-0.4, -0.2) is 25.7 Å². The maximum absolute atomic E-state index is 12.5. The maximum Gasteiger partial charge on any atom is 0.231 e. The van der Waals surface area contributed by atoms with Crippen molar-refractivity contribution in [3.8, 4) is 10.6 Å². The summed E-state index contributed by atoms with van der Waals surface area (Å²) < 4.78 is 1.97. The molecule has 4 rings (SSSR count). The molecule has 3 heterocycles. The number of thiazole rings is 1. The Morgan fingerprint density at radius 2 is 2.12 bits per heavy atom. The van der Waals surface area contributed by atoms with E-state index in [1.54, 1.807) is 18.6 Å². The first-order valence-electron chi connectivity index (χ1n) is 8.98. The minimum Gasteiger partial charge on any atom is -0.311 e. The fourth-order valence-corrected chi connectivity index (χ4v) is 4.20. The second kappa shape index (κ2) is 7.78. The molecule has 0 saturated heterocycles. The van der Waals surface area contributed by atoms with Gasteiger partial charge in [0.1, 0.15) is 10.8 Å². The van der Waals surface area contributed by atoms with Crippen molar-refractivity contribution in [3.63, 3.8) is 0 Å². The molecule has 1 aliphatic rings. The van der Waals surface area contributed by atoms with Crippen LogP contribution in [0.15, 0.2) is 42.2 Å². The Labute approximate surface area is 156 Å². The average molecular weight is 367 g/mol. The van der Waals surface area contributed by atoms with Crippen molar-refractivity contribution < 1.29 is 4.79 Å². The van der Waals surface area contributed by atoms with E-state index >= 15 is 0 Å². The molecule has 7 heteroatoms. The summed E-state index contributed by atoms with van der Waals surface area (Å²) in [6, 6.07) is 6.12. The molecule has 0 bridgehead atoms. The Morgan fingerprint density at radius 3 is 2.92 bits per heavy atom. The standard InChI is InChI=1S/C19H21N5OS/c25-18(11-15-13-26-19(22-15)14-5-4-9-20-12-14)23-17-8-10-21-24(17)16-6-2-1-3-7-16/h4-5,8-10,12-13,16H,1-3,6-7,11H2,(H,23,25). The number of carbonyl (C=O) groups excluding carboxylic acids is 1. The van der Waals surface area contributed by atoms with Gasteiger partial charge >= 0.3 is 0 Å². The lowest BCUT2D eigenvalue weighted by Gasteiger charge is -2.23. The van der Waals surface area contributed by atoms with Crippen molar-refractivity contribution in [2.45, 2.75) is 44.6 Å². The van der Waals surface area contributed by atoms with Crippen LogP contribution in [0.3, 0.4) is 0 Å². The number of aromatic nitrogens is 4. The van der Waals surface area contributed by atoms with Crippen molar-refractivity contribution >= 4 is 23.1 Å². The number of nitrogens with zero attached hydrogens (tertiary/aromatic N) is 4. The van der Waals surface area contributed by atoms with Crippen molar-refractivity contribution in [1.29, 1.82) is 0 Å². The molecule has 0 atom stereocenters. The minimum atomic E-state index is -0.0643. The number of anilines is 1. The Balaban J connectivity index is 1.41. The Kier molecular flexibility index (Phi) is 5.06. The largest absolute Gasteiger partial charge is 0.311 e. The second-order valence-electron chi connectivity index (χ2n) is 6.56. The van der Waals surface area contributed by atoms with Gasteiger partial charge in [-0.15, -0.1) is 11.3 Å². The monoisotopic (exact) mass is 367 g/mol. The summed E-state index contributed by atoms with van der Waals surface area (Å²) in [6.07, 6.45) is 11.5. The number of carbonyl (C=O) groups is 1. The van der Waals surface area contributed by atoms with Gasteiger partial charge in [-0.2, -0.15) is 5.10 Å². The van der Waals surface area contributed by atoms with Gasteiger partial charge in [-0.05, 0) is 25.0 Å². The molecular weight excluding hydrogens is 346 g/mol. The molecule has 1 N–H and O–H groups in total. The predicted octanol–water partition coefficient (Wildman–Crippen LogP) is 4.09. The normalized spacial score (nSPS) is 15.1. The van der Waals surface area contributed by atoms with Crippen LogP contribution in [0.2, 0.25) is 0 Å². The summed E-state index contributed by atoms with van der Waals surface area (Å²) in [4.78, 5) is 21.1. The molecule has 1 amide bonds. The van der Waals surface area contributed by atoms with E-state index in [2.05, 4.69) is 20.4 Å². The van der Waals surface area contributed by atoms with Gasteiger partial charge in [-0.3, -0.25) is 9.78 Å². The van der Waals surface area contributed by atoms with E-state index in [-0.39, 0.29) is 12.3 Å². The fraction of sp³-hybridized carbons (Fsp3) is 0.368. The van der Waals surface area contributed by atoms with Gasteiger partial charge in [-0.25, -0.2) is 9.67 Å². The van der Waals surface area contributed by atoms with Crippen LogP contribution in [0, 0.1) is 0 Å². The van der Waals surface area contributed by atoms with Gasteiger partial charge in [0.15, 0.2) is 0 Å². The zero-order valence-corrected chi connectivity index (χ0v) is 15.3. The molecular formula is C19H21N5OS. The number of amides is 1. The first-order chi connectivity index (χ1) is 12.8. The van der Waals surface area contributed by atoms with E-state index < -0.39 is 0 Å². The van der Waals surface area contributed by atoms with E-state index in [1.807, 2.05) is 28.3 Å². The molecule has 134 valence electrons. The van der Waals surface area contributed by atoms with Gasteiger partial charge < -0.3 is 5.32 Å². The van der Waals surface area contributed by atoms with E-state index in [1.165, 1.54) is 30.6 Å². The van der Waals surface area contributed by atoms with E-state index in [0.717, 1.165) is 34.9 Å². The van der Waals surface area contributed by atoms with Crippen molar-refractivity contribution in [2.24, 2.45) is 0 Å². The predicted molar refractivity (Wildman–Crippen MR) is 102 cm³/mol. The van der Waals surface area contributed by atoms with Crippen molar-refractivity contribution in [3.05, 3.63) is 47.9 Å². The third-order valence-electron chi connectivity index (χ3n) is 4.66.